The first kappa shape index (κ1) is 12.6. The number of amides is 1. The van der Waals surface area contributed by atoms with Gasteiger partial charge in [0.15, 0.2) is 4.96 Å². The van der Waals surface area contributed by atoms with E-state index < -0.39 is 0 Å². The van der Waals surface area contributed by atoms with Crippen molar-refractivity contribution in [3.05, 3.63) is 56.9 Å². The molecule has 3 rings (SSSR count). The smallest absolute Gasteiger partial charge is 0.251 e. The Kier molecular flexibility index (Phi) is 3.52. The average molecular weight is 383 g/mol. The molecule has 0 fully saturated rings. The third-order valence-corrected chi connectivity index (χ3v) is 4.17. The maximum absolute atomic E-state index is 11.9. The van der Waals surface area contributed by atoms with E-state index in [0.29, 0.717) is 12.1 Å². The minimum Gasteiger partial charge on any atom is -0.346 e. The highest BCUT2D eigenvalue weighted by Gasteiger charge is 2.07. The third-order valence-electron chi connectivity index (χ3n) is 2.68. The third kappa shape index (κ3) is 2.79. The number of halogens is 1. The van der Waals surface area contributed by atoms with Gasteiger partial charge in [0.05, 0.1) is 12.2 Å². The molecule has 1 amide bonds. The van der Waals surface area contributed by atoms with Crippen LogP contribution in [0.3, 0.4) is 0 Å². The summed E-state index contributed by atoms with van der Waals surface area (Å²) in [7, 11) is 0. The Hall–Kier alpha value is -1.41. The molecule has 0 aliphatic rings. The Labute approximate surface area is 127 Å². The van der Waals surface area contributed by atoms with E-state index in [2.05, 4.69) is 32.9 Å². The molecule has 2 heterocycles. The fourth-order valence-electron chi connectivity index (χ4n) is 1.74. The van der Waals surface area contributed by atoms with Gasteiger partial charge in [0.2, 0.25) is 0 Å². The zero-order chi connectivity index (χ0) is 13.2. The average Bonchev–Trinajstić information content (AvgIpc) is 2.97. The molecule has 0 saturated carbocycles. The van der Waals surface area contributed by atoms with Gasteiger partial charge >= 0.3 is 0 Å². The van der Waals surface area contributed by atoms with Crippen LogP contribution >= 0.6 is 33.9 Å². The molecule has 19 heavy (non-hydrogen) atoms. The van der Waals surface area contributed by atoms with Crippen LogP contribution in [-0.2, 0) is 6.54 Å². The van der Waals surface area contributed by atoms with Crippen LogP contribution in [0.4, 0.5) is 0 Å². The molecule has 96 valence electrons. The predicted molar refractivity (Wildman–Crippen MR) is 83.4 cm³/mol. The molecule has 0 aliphatic carbocycles. The number of fused-ring (bicyclic) bond motifs is 1. The Morgan fingerprint density at radius 3 is 2.89 bits per heavy atom. The van der Waals surface area contributed by atoms with Gasteiger partial charge in [-0.05, 0) is 46.9 Å². The van der Waals surface area contributed by atoms with Crippen LogP contribution in [0.2, 0.25) is 0 Å². The largest absolute Gasteiger partial charge is 0.346 e. The van der Waals surface area contributed by atoms with E-state index in [4.69, 9.17) is 0 Å². The number of hydrogen-bond acceptors (Lipinski definition) is 3. The molecule has 0 bridgehead atoms. The van der Waals surface area contributed by atoms with Crippen LogP contribution in [0.25, 0.3) is 4.96 Å². The normalized spacial score (nSPS) is 10.8. The number of nitrogens with zero attached hydrogens (tertiary/aromatic N) is 2. The minimum atomic E-state index is -0.0762. The lowest BCUT2D eigenvalue weighted by Crippen LogP contribution is -2.22. The quantitative estimate of drug-likeness (QED) is 0.707. The Bertz CT molecular complexity index is 688. The molecule has 1 aromatic carbocycles. The van der Waals surface area contributed by atoms with Gasteiger partial charge in [-0.15, -0.1) is 11.3 Å². The molecule has 0 spiro atoms. The number of imidazole rings is 1. The lowest BCUT2D eigenvalue weighted by atomic mass is 10.2. The van der Waals surface area contributed by atoms with Gasteiger partial charge in [0.25, 0.3) is 5.91 Å². The summed E-state index contributed by atoms with van der Waals surface area (Å²) in [6.07, 6.45) is 3.89. The number of carbonyl (C=O) groups excluding carboxylic acids is 1. The van der Waals surface area contributed by atoms with E-state index in [0.717, 1.165) is 14.2 Å². The highest BCUT2D eigenvalue weighted by atomic mass is 127. The van der Waals surface area contributed by atoms with Crippen molar-refractivity contribution in [1.82, 2.24) is 14.7 Å². The highest BCUT2D eigenvalue weighted by Crippen LogP contribution is 2.11. The van der Waals surface area contributed by atoms with Crippen LogP contribution in [0.15, 0.2) is 42.0 Å². The van der Waals surface area contributed by atoms with E-state index in [-0.39, 0.29) is 5.91 Å². The molecule has 0 saturated heterocycles. The molecule has 2 aromatic heterocycles. The number of hydrogen-bond donors (Lipinski definition) is 1. The van der Waals surface area contributed by atoms with Crippen molar-refractivity contribution in [2.45, 2.75) is 6.54 Å². The first-order valence-corrected chi connectivity index (χ1v) is 7.63. The summed E-state index contributed by atoms with van der Waals surface area (Å²) in [5.41, 5.74) is 1.53. The monoisotopic (exact) mass is 383 g/mol. The van der Waals surface area contributed by atoms with E-state index in [9.17, 15) is 4.79 Å². The minimum absolute atomic E-state index is 0.0762. The van der Waals surface area contributed by atoms with Gasteiger partial charge in [-0.2, -0.15) is 0 Å². The van der Waals surface area contributed by atoms with Gasteiger partial charge in [-0.25, -0.2) is 4.98 Å². The molecule has 4 nitrogen and oxygen atoms in total. The molecule has 0 unspecified atom stereocenters. The summed E-state index contributed by atoms with van der Waals surface area (Å²) < 4.78 is 3.07. The first-order valence-electron chi connectivity index (χ1n) is 5.67. The van der Waals surface area contributed by atoms with Crippen LogP contribution in [-0.4, -0.2) is 15.3 Å². The van der Waals surface area contributed by atoms with Crippen LogP contribution in [0, 0.1) is 3.57 Å². The summed E-state index contributed by atoms with van der Waals surface area (Å²) in [6.45, 7) is 0.444. The summed E-state index contributed by atoms with van der Waals surface area (Å²) >= 11 is 3.79. The Morgan fingerprint density at radius 2 is 2.16 bits per heavy atom. The number of benzene rings is 1. The number of aromatic nitrogens is 2. The van der Waals surface area contributed by atoms with Crippen molar-refractivity contribution in [1.29, 1.82) is 0 Å². The van der Waals surface area contributed by atoms with Crippen molar-refractivity contribution < 1.29 is 4.79 Å². The second kappa shape index (κ2) is 5.30. The van der Waals surface area contributed by atoms with Crippen molar-refractivity contribution in [2.24, 2.45) is 0 Å². The molecule has 0 radical (unpaired) electrons. The fraction of sp³-hybridized carbons (Fsp3) is 0.0769. The fourth-order valence-corrected chi connectivity index (χ4v) is 2.81. The maximum atomic E-state index is 11.9. The maximum Gasteiger partial charge on any atom is 0.251 e. The van der Waals surface area contributed by atoms with Crippen molar-refractivity contribution in [3.8, 4) is 0 Å². The highest BCUT2D eigenvalue weighted by molar-refractivity contribution is 14.1. The van der Waals surface area contributed by atoms with Crippen molar-refractivity contribution in [2.75, 3.05) is 0 Å². The Balaban J connectivity index is 1.67. The van der Waals surface area contributed by atoms with Crippen LogP contribution in [0.1, 0.15) is 16.1 Å². The predicted octanol–water partition coefficient (Wildman–Crippen LogP) is 2.93. The second-order valence-electron chi connectivity index (χ2n) is 4.01. The standard InChI is InChI=1S/C13H10IN3OS/c14-10-3-1-9(2-4-10)12(18)15-7-11-8-17-5-6-19-13(17)16-11/h1-6,8H,7H2,(H,15,18). The number of rotatable bonds is 3. The summed E-state index contributed by atoms with van der Waals surface area (Å²) in [6, 6.07) is 7.48. The number of nitrogens with one attached hydrogen (secondary N) is 1. The van der Waals surface area contributed by atoms with E-state index in [1.165, 1.54) is 0 Å². The summed E-state index contributed by atoms with van der Waals surface area (Å²) in [5.74, 6) is -0.0762. The van der Waals surface area contributed by atoms with Crippen molar-refractivity contribution >= 4 is 44.8 Å². The molecule has 3 aromatic rings. The molecule has 0 aliphatic heterocycles. The molecular formula is C13H10IN3OS. The van der Waals surface area contributed by atoms with E-state index in [1.54, 1.807) is 11.3 Å². The van der Waals surface area contributed by atoms with E-state index >= 15 is 0 Å². The number of thiazole rings is 1. The molecular weight excluding hydrogens is 373 g/mol. The molecule has 6 heteroatoms. The van der Waals surface area contributed by atoms with Gasteiger partial charge in [-0.1, -0.05) is 0 Å². The molecule has 1 N–H and O–H groups in total. The molecule has 0 atom stereocenters. The van der Waals surface area contributed by atoms with Gasteiger partial charge in [0, 0.05) is 26.9 Å². The number of carbonyl (C=O) groups is 1. The second-order valence-corrected chi connectivity index (χ2v) is 6.13. The zero-order valence-electron chi connectivity index (χ0n) is 9.84. The van der Waals surface area contributed by atoms with E-state index in [1.807, 2.05) is 46.4 Å². The summed E-state index contributed by atoms with van der Waals surface area (Å²) in [5, 5.41) is 4.86. The van der Waals surface area contributed by atoms with Crippen LogP contribution in [0.5, 0.6) is 0 Å². The van der Waals surface area contributed by atoms with Gasteiger partial charge in [0.1, 0.15) is 0 Å². The van der Waals surface area contributed by atoms with Gasteiger partial charge < -0.3 is 5.32 Å². The lowest BCUT2D eigenvalue weighted by molar-refractivity contribution is 0.0950. The van der Waals surface area contributed by atoms with Crippen LogP contribution < -0.4 is 5.32 Å². The SMILES string of the molecule is O=C(NCc1cn2ccsc2n1)c1ccc(I)cc1. The first-order chi connectivity index (χ1) is 9.22. The topological polar surface area (TPSA) is 46.4 Å². The lowest BCUT2D eigenvalue weighted by Gasteiger charge is -2.03. The Morgan fingerprint density at radius 1 is 1.37 bits per heavy atom. The summed E-state index contributed by atoms with van der Waals surface area (Å²) in [4.78, 5) is 17.3. The van der Waals surface area contributed by atoms with Crippen molar-refractivity contribution in [3.63, 3.8) is 0 Å². The van der Waals surface area contributed by atoms with Gasteiger partial charge in [-0.3, -0.25) is 9.20 Å². The zero-order valence-corrected chi connectivity index (χ0v) is 12.8.